The molecule has 1 saturated carbocycles. The molecule has 1 saturated heterocycles. The van der Waals surface area contributed by atoms with Crippen molar-refractivity contribution >= 4 is 28.2 Å². The number of nitrogens with zero attached hydrogens (tertiary/aromatic N) is 2. The van der Waals surface area contributed by atoms with Gasteiger partial charge in [0.05, 0.1) is 0 Å². The van der Waals surface area contributed by atoms with Gasteiger partial charge in [0.25, 0.3) is 5.91 Å². The molecule has 21 heavy (non-hydrogen) atoms. The van der Waals surface area contributed by atoms with E-state index in [1.807, 2.05) is 4.90 Å². The van der Waals surface area contributed by atoms with E-state index in [4.69, 9.17) is 5.73 Å². The van der Waals surface area contributed by atoms with E-state index in [1.54, 1.807) is 0 Å². The summed E-state index contributed by atoms with van der Waals surface area (Å²) in [4.78, 5) is 19.5. The van der Waals surface area contributed by atoms with E-state index in [2.05, 4.69) is 31.1 Å². The van der Waals surface area contributed by atoms with Gasteiger partial charge in [-0.05, 0) is 30.6 Å². The summed E-state index contributed by atoms with van der Waals surface area (Å²) in [5.41, 5.74) is 6.18. The number of hydrogen-bond acceptors (Lipinski definition) is 5. The molecule has 116 valence electrons. The fraction of sp³-hybridized carbons (Fsp3) is 0.733. The number of likely N-dealkylation sites (tertiary alicyclic amines) is 1. The molecule has 3 N–H and O–H groups in total. The average Bonchev–Trinajstić information content (AvgIpc) is 2.92. The first-order chi connectivity index (χ1) is 9.84. The molecule has 1 amide bonds. The fourth-order valence-corrected chi connectivity index (χ4v) is 3.67. The summed E-state index contributed by atoms with van der Waals surface area (Å²) < 4.78 is 0. The number of nitrogens with two attached hydrogens (primary N) is 1. The number of aromatic nitrogens is 1. The summed E-state index contributed by atoms with van der Waals surface area (Å²) in [5.74, 6) is 0.965. The summed E-state index contributed by atoms with van der Waals surface area (Å²) in [7, 11) is 0. The number of carbonyl (C=O) groups is 1. The number of carbonyl (C=O) groups excluding carboxylic acids is 1. The Hall–Kier alpha value is -1.30. The monoisotopic (exact) mass is 308 g/mol. The summed E-state index contributed by atoms with van der Waals surface area (Å²) in [5, 5.41) is 4.09. The molecule has 1 aliphatic heterocycles. The normalized spacial score (nSPS) is 22.6. The van der Waals surface area contributed by atoms with Crippen molar-refractivity contribution in [3.63, 3.8) is 0 Å². The lowest BCUT2D eigenvalue weighted by Crippen LogP contribution is -2.31. The highest BCUT2D eigenvalue weighted by atomic mass is 32.1. The largest absolute Gasteiger partial charge is 0.382 e. The van der Waals surface area contributed by atoms with Crippen molar-refractivity contribution in [1.29, 1.82) is 0 Å². The molecule has 1 aromatic rings. The topological polar surface area (TPSA) is 71.2 Å². The number of anilines is 2. The van der Waals surface area contributed by atoms with E-state index in [1.165, 1.54) is 24.2 Å². The lowest BCUT2D eigenvalue weighted by molar-refractivity contribution is 0.0782. The smallest absolute Gasteiger partial charge is 0.267 e. The molecule has 0 radical (unpaired) electrons. The Kier molecular flexibility index (Phi) is 3.59. The summed E-state index contributed by atoms with van der Waals surface area (Å²) in [6.07, 6.45) is 3.44. The van der Waals surface area contributed by atoms with E-state index in [9.17, 15) is 4.79 Å². The molecule has 3 rings (SSSR count). The maximum Gasteiger partial charge on any atom is 0.267 e. The van der Waals surface area contributed by atoms with Gasteiger partial charge in [-0.25, -0.2) is 4.98 Å². The first kappa shape index (κ1) is 14.6. The molecule has 2 heterocycles. The number of nitrogens with one attached hydrogen (secondary N) is 1. The van der Waals surface area contributed by atoms with Crippen LogP contribution in [0.15, 0.2) is 0 Å². The van der Waals surface area contributed by atoms with Gasteiger partial charge in [0.1, 0.15) is 10.7 Å². The third kappa shape index (κ3) is 3.15. The van der Waals surface area contributed by atoms with Crippen molar-refractivity contribution in [2.24, 2.45) is 11.3 Å². The number of nitrogen functional groups attached to an aromatic ring is 1. The van der Waals surface area contributed by atoms with Crippen LogP contribution < -0.4 is 11.1 Å². The van der Waals surface area contributed by atoms with Gasteiger partial charge >= 0.3 is 0 Å². The Morgan fingerprint density at radius 1 is 1.38 bits per heavy atom. The van der Waals surface area contributed by atoms with Crippen LogP contribution in [0.5, 0.6) is 0 Å². The third-order valence-corrected chi connectivity index (χ3v) is 5.44. The van der Waals surface area contributed by atoms with Crippen molar-refractivity contribution in [2.45, 2.75) is 46.1 Å². The quantitative estimate of drug-likeness (QED) is 0.900. The first-order valence-corrected chi connectivity index (χ1v) is 8.48. The molecule has 1 atom stereocenters. The fourth-order valence-electron chi connectivity index (χ4n) is 2.74. The van der Waals surface area contributed by atoms with Crippen LogP contribution >= 0.6 is 11.3 Å². The van der Waals surface area contributed by atoms with Crippen molar-refractivity contribution < 1.29 is 4.79 Å². The van der Waals surface area contributed by atoms with E-state index >= 15 is 0 Å². The first-order valence-electron chi connectivity index (χ1n) is 7.66. The summed E-state index contributed by atoms with van der Waals surface area (Å²) in [6, 6.07) is 0.524. The predicted molar refractivity (Wildman–Crippen MR) is 86.6 cm³/mol. The van der Waals surface area contributed by atoms with Crippen LogP contribution in [0.25, 0.3) is 0 Å². The maximum atomic E-state index is 12.6. The van der Waals surface area contributed by atoms with E-state index in [0.717, 1.165) is 24.6 Å². The zero-order valence-electron chi connectivity index (χ0n) is 13.0. The Morgan fingerprint density at radius 3 is 2.67 bits per heavy atom. The summed E-state index contributed by atoms with van der Waals surface area (Å²) in [6.45, 7) is 8.37. The number of hydrogen-bond donors (Lipinski definition) is 2. The van der Waals surface area contributed by atoms with Crippen molar-refractivity contribution in [3.8, 4) is 0 Å². The van der Waals surface area contributed by atoms with E-state index in [0.29, 0.717) is 22.7 Å². The van der Waals surface area contributed by atoms with Crippen LogP contribution in [0.2, 0.25) is 0 Å². The molecule has 5 nitrogen and oxygen atoms in total. The van der Waals surface area contributed by atoms with E-state index < -0.39 is 0 Å². The molecule has 0 aromatic carbocycles. The number of amides is 1. The molecule has 0 spiro atoms. The SMILES string of the molecule is CC(C)(C)C1CCN(C(=O)c2sc(NC3CC3)nc2N)C1. The minimum Gasteiger partial charge on any atom is -0.382 e. The predicted octanol–water partition coefficient (Wildman–Crippen LogP) is 2.81. The van der Waals surface area contributed by atoms with Gasteiger partial charge in [-0.3, -0.25) is 4.79 Å². The van der Waals surface area contributed by atoms with Crippen molar-refractivity contribution in [3.05, 3.63) is 4.88 Å². The van der Waals surface area contributed by atoms with Gasteiger partial charge < -0.3 is 16.0 Å². The Bertz CT molecular complexity index is 544. The molecule has 1 unspecified atom stereocenters. The Morgan fingerprint density at radius 2 is 2.10 bits per heavy atom. The van der Waals surface area contributed by atoms with Gasteiger partial charge in [0.15, 0.2) is 5.13 Å². The zero-order chi connectivity index (χ0) is 15.2. The molecular weight excluding hydrogens is 284 g/mol. The third-order valence-electron chi connectivity index (χ3n) is 4.45. The standard InChI is InChI=1S/C15H24N4OS/c1-15(2,3)9-6-7-19(8-9)13(20)11-12(16)18-14(21-11)17-10-4-5-10/h9-10H,4-8,16H2,1-3H3,(H,17,18). The lowest BCUT2D eigenvalue weighted by Gasteiger charge is -2.26. The van der Waals surface area contributed by atoms with Crippen LogP contribution in [0.1, 0.15) is 49.7 Å². The number of thiazole rings is 1. The molecule has 1 aliphatic carbocycles. The van der Waals surface area contributed by atoms with Gasteiger partial charge in [-0.2, -0.15) is 0 Å². The average molecular weight is 308 g/mol. The number of rotatable bonds is 3. The second-order valence-corrected chi connectivity index (χ2v) is 8.25. The van der Waals surface area contributed by atoms with Crippen LogP contribution in [0.4, 0.5) is 10.9 Å². The molecule has 2 fully saturated rings. The van der Waals surface area contributed by atoms with Crippen molar-refractivity contribution in [1.82, 2.24) is 9.88 Å². The maximum absolute atomic E-state index is 12.6. The minimum absolute atomic E-state index is 0.0422. The van der Waals surface area contributed by atoms with Gasteiger partial charge in [-0.1, -0.05) is 32.1 Å². The molecule has 2 aliphatic rings. The Balaban J connectivity index is 1.69. The second kappa shape index (κ2) is 5.16. The molecule has 1 aromatic heterocycles. The Labute approximate surface area is 129 Å². The van der Waals surface area contributed by atoms with Crippen LogP contribution in [0.3, 0.4) is 0 Å². The molecule has 0 bridgehead atoms. The van der Waals surface area contributed by atoms with Crippen LogP contribution in [0, 0.1) is 11.3 Å². The van der Waals surface area contributed by atoms with E-state index in [-0.39, 0.29) is 11.3 Å². The van der Waals surface area contributed by atoms with Crippen molar-refractivity contribution in [2.75, 3.05) is 24.1 Å². The molecule has 6 heteroatoms. The highest BCUT2D eigenvalue weighted by Gasteiger charge is 2.35. The van der Waals surface area contributed by atoms with Gasteiger partial charge in [0.2, 0.25) is 0 Å². The van der Waals surface area contributed by atoms with Crippen LogP contribution in [-0.4, -0.2) is 34.9 Å². The van der Waals surface area contributed by atoms with Gasteiger partial charge in [0, 0.05) is 19.1 Å². The minimum atomic E-state index is 0.0422. The highest BCUT2D eigenvalue weighted by Crippen LogP contribution is 2.36. The second-order valence-electron chi connectivity index (χ2n) is 7.25. The van der Waals surface area contributed by atoms with Gasteiger partial charge in [-0.15, -0.1) is 0 Å². The molecular formula is C15H24N4OS. The van der Waals surface area contributed by atoms with Crippen LogP contribution in [-0.2, 0) is 0 Å². The lowest BCUT2D eigenvalue weighted by atomic mass is 9.80. The summed E-state index contributed by atoms with van der Waals surface area (Å²) >= 11 is 1.39. The highest BCUT2D eigenvalue weighted by molar-refractivity contribution is 7.18. The zero-order valence-corrected chi connectivity index (χ0v) is 13.8.